The first-order valence-corrected chi connectivity index (χ1v) is 7.86. The predicted octanol–water partition coefficient (Wildman–Crippen LogP) is 3.92. The predicted molar refractivity (Wildman–Crippen MR) is 93.8 cm³/mol. The average Bonchev–Trinajstić information content (AvgIpc) is 3.08. The zero-order valence-electron chi connectivity index (χ0n) is 13.1. The second kappa shape index (κ2) is 6.46. The summed E-state index contributed by atoms with van der Waals surface area (Å²) >= 11 is 0. The molecule has 2 aromatic heterocycles. The van der Waals surface area contributed by atoms with Crippen molar-refractivity contribution in [3.8, 4) is 17.1 Å². The molecule has 24 heavy (non-hydrogen) atoms. The quantitative estimate of drug-likeness (QED) is 0.573. The molecule has 2 aromatic carbocycles. The Labute approximate surface area is 140 Å². The summed E-state index contributed by atoms with van der Waals surface area (Å²) in [6.45, 7) is 0. The summed E-state index contributed by atoms with van der Waals surface area (Å²) < 4.78 is 1.92. The molecule has 4 aromatic rings. The van der Waals surface area contributed by atoms with E-state index in [1.165, 1.54) is 0 Å². The van der Waals surface area contributed by atoms with Crippen molar-refractivity contribution in [3.05, 3.63) is 96.6 Å². The van der Waals surface area contributed by atoms with E-state index in [1.54, 1.807) is 12.4 Å². The monoisotopic (exact) mass is 312 g/mol. The normalized spacial score (nSPS) is 10.7. The minimum absolute atomic E-state index is 0.706. The summed E-state index contributed by atoms with van der Waals surface area (Å²) in [5, 5.41) is 4.74. The molecule has 0 radical (unpaired) electrons. The fourth-order valence-corrected chi connectivity index (χ4v) is 2.63. The number of rotatable bonds is 4. The summed E-state index contributed by atoms with van der Waals surface area (Å²) in [5.74, 6) is 1.65. The van der Waals surface area contributed by atoms with E-state index in [0.717, 1.165) is 28.5 Å². The molecular formula is C20H16N4. The molecule has 0 saturated carbocycles. The van der Waals surface area contributed by atoms with Gasteiger partial charge in [-0.25, -0.2) is 9.67 Å². The topological polar surface area (TPSA) is 43.6 Å². The van der Waals surface area contributed by atoms with Crippen molar-refractivity contribution in [2.75, 3.05) is 0 Å². The van der Waals surface area contributed by atoms with Crippen molar-refractivity contribution in [2.24, 2.45) is 0 Å². The van der Waals surface area contributed by atoms with E-state index in [4.69, 9.17) is 10.1 Å². The largest absolute Gasteiger partial charge is 0.265 e. The second-order valence-electron chi connectivity index (χ2n) is 5.50. The molecule has 0 atom stereocenters. The van der Waals surface area contributed by atoms with E-state index in [9.17, 15) is 0 Å². The summed E-state index contributed by atoms with van der Waals surface area (Å²) in [5.41, 5.74) is 3.19. The summed E-state index contributed by atoms with van der Waals surface area (Å²) in [4.78, 5) is 8.86. The molecule has 4 rings (SSSR count). The summed E-state index contributed by atoms with van der Waals surface area (Å²) in [6, 6.07) is 24.2. The fraction of sp³-hybridized carbons (Fsp3) is 0.0500. The first-order valence-electron chi connectivity index (χ1n) is 7.86. The maximum Gasteiger partial charge on any atom is 0.181 e. The number of hydrogen-bond acceptors (Lipinski definition) is 3. The lowest BCUT2D eigenvalue weighted by Crippen LogP contribution is -2.03. The Morgan fingerprint density at radius 2 is 1.42 bits per heavy atom. The first-order chi connectivity index (χ1) is 11.9. The van der Waals surface area contributed by atoms with Crippen molar-refractivity contribution in [1.82, 2.24) is 19.7 Å². The Hall–Kier alpha value is -3.27. The van der Waals surface area contributed by atoms with Crippen LogP contribution in [0.25, 0.3) is 17.1 Å². The molecule has 0 aliphatic carbocycles. The van der Waals surface area contributed by atoms with Gasteiger partial charge in [0.1, 0.15) is 5.82 Å². The molecule has 4 heteroatoms. The molecule has 0 aliphatic rings. The highest BCUT2D eigenvalue weighted by atomic mass is 15.3. The van der Waals surface area contributed by atoms with E-state index < -0.39 is 0 Å². The van der Waals surface area contributed by atoms with E-state index >= 15 is 0 Å². The van der Waals surface area contributed by atoms with Crippen LogP contribution in [0.1, 0.15) is 11.4 Å². The number of benzene rings is 2. The van der Waals surface area contributed by atoms with Gasteiger partial charge in [-0.3, -0.25) is 4.98 Å². The number of pyridine rings is 1. The molecule has 4 nitrogen and oxygen atoms in total. The van der Waals surface area contributed by atoms with Gasteiger partial charge < -0.3 is 0 Å². The fourth-order valence-electron chi connectivity index (χ4n) is 2.63. The highest BCUT2D eigenvalue weighted by Gasteiger charge is 2.13. The Kier molecular flexibility index (Phi) is 3.86. The van der Waals surface area contributed by atoms with Crippen LogP contribution in [0.3, 0.4) is 0 Å². The molecule has 0 aliphatic heterocycles. The molecule has 0 bridgehead atoms. The third kappa shape index (κ3) is 2.94. The van der Waals surface area contributed by atoms with E-state index in [0.29, 0.717) is 6.42 Å². The zero-order chi connectivity index (χ0) is 16.2. The smallest absolute Gasteiger partial charge is 0.181 e. The van der Waals surface area contributed by atoms with Crippen LogP contribution in [0.2, 0.25) is 0 Å². The van der Waals surface area contributed by atoms with Gasteiger partial charge in [0.25, 0.3) is 0 Å². The van der Waals surface area contributed by atoms with Crippen LogP contribution in [0.4, 0.5) is 0 Å². The first kappa shape index (κ1) is 14.3. The van der Waals surface area contributed by atoms with Crippen LogP contribution >= 0.6 is 0 Å². The lowest BCUT2D eigenvalue weighted by molar-refractivity contribution is 0.813. The van der Waals surface area contributed by atoms with Crippen molar-refractivity contribution in [3.63, 3.8) is 0 Å². The standard InChI is InChI=1S/C20H16N4/c1-3-7-17(8-4-1)20-22-19(15-16-11-13-21-14-12-16)24(23-20)18-9-5-2-6-10-18/h1-14H,15H2. The van der Waals surface area contributed by atoms with Gasteiger partial charge in [-0.1, -0.05) is 48.5 Å². The van der Waals surface area contributed by atoms with Crippen LogP contribution in [0, 0.1) is 0 Å². The van der Waals surface area contributed by atoms with E-state index in [2.05, 4.69) is 4.98 Å². The minimum Gasteiger partial charge on any atom is -0.265 e. The van der Waals surface area contributed by atoms with Crippen LogP contribution in [-0.2, 0) is 6.42 Å². The number of aromatic nitrogens is 4. The van der Waals surface area contributed by atoms with Crippen LogP contribution in [0.5, 0.6) is 0 Å². The number of nitrogens with zero attached hydrogens (tertiary/aromatic N) is 4. The zero-order valence-corrected chi connectivity index (χ0v) is 13.1. The van der Waals surface area contributed by atoms with Gasteiger partial charge in [0.15, 0.2) is 5.82 Å². The molecule has 0 N–H and O–H groups in total. The van der Waals surface area contributed by atoms with Crippen molar-refractivity contribution in [2.45, 2.75) is 6.42 Å². The Morgan fingerprint density at radius 3 is 2.12 bits per heavy atom. The molecular weight excluding hydrogens is 296 g/mol. The lowest BCUT2D eigenvalue weighted by atomic mass is 10.2. The SMILES string of the molecule is c1ccc(-c2nc(Cc3ccncc3)n(-c3ccccc3)n2)cc1. The number of para-hydroxylation sites is 1. The maximum absolute atomic E-state index is 4.78. The molecule has 0 spiro atoms. The van der Waals surface area contributed by atoms with E-state index in [-0.39, 0.29) is 0 Å². The van der Waals surface area contributed by atoms with Crippen LogP contribution in [-0.4, -0.2) is 19.7 Å². The minimum atomic E-state index is 0.706. The van der Waals surface area contributed by atoms with Crippen molar-refractivity contribution >= 4 is 0 Å². The van der Waals surface area contributed by atoms with Gasteiger partial charge in [0.2, 0.25) is 0 Å². The molecule has 0 fully saturated rings. The average molecular weight is 312 g/mol. The lowest BCUT2D eigenvalue weighted by Gasteiger charge is -2.05. The third-order valence-corrected chi connectivity index (χ3v) is 3.82. The number of hydrogen-bond donors (Lipinski definition) is 0. The summed E-state index contributed by atoms with van der Waals surface area (Å²) in [7, 11) is 0. The van der Waals surface area contributed by atoms with Crippen molar-refractivity contribution in [1.29, 1.82) is 0 Å². The van der Waals surface area contributed by atoms with E-state index in [1.807, 2.05) is 77.5 Å². The van der Waals surface area contributed by atoms with Crippen molar-refractivity contribution < 1.29 is 0 Å². The van der Waals surface area contributed by atoms with Gasteiger partial charge in [-0.05, 0) is 29.8 Å². The van der Waals surface area contributed by atoms with Crippen LogP contribution in [0.15, 0.2) is 85.2 Å². The molecule has 2 heterocycles. The highest BCUT2D eigenvalue weighted by molar-refractivity contribution is 5.55. The third-order valence-electron chi connectivity index (χ3n) is 3.82. The summed E-state index contributed by atoms with van der Waals surface area (Å²) in [6.07, 6.45) is 4.31. The van der Waals surface area contributed by atoms with Gasteiger partial charge in [0, 0.05) is 24.4 Å². The van der Waals surface area contributed by atoms with Gasteiger partial charge >= 0.3 is 0 Å². The molecule has 0 saturated heterocycles. The van der Waals surface area contributed by atoms with Crippen LogP contribution < -0.4 is 0 Å². The highest BCUT2D eigenvalue weighted by Crippen LogP contribution is 2.19. The molecule has 116 valence electrons. The second-order valence-corrected chi connectivity index (χ2v) is 5.50. The molecule has 0 unspecified atom stereocenters. The Morgan fingerprint density at radius 1 is 0.750 bits per heavy atom. The Bertz CT molecular complexity index is 916. The van der Waals surface area contributed by atoms with Gasteiger partial charge in [0.05, 0.1) is 5.69 Å². The maximum atomic E-state index is 4.78. The van der Waals surface area contributed by atoms with Gasteiger partial charge in [-0.15, -0.1) is 5.10 Å². The Balaban J connectivity index is 1.80. The van der Waals surface area contributed by atoms with Gasteiger partial charge in [-0.2, -0.15) is 0 Å². The molecule has 0 amide bonds.